The molecule has 0 atom stereocenters. The predicted octanol–water partition coefficient (Wildman–Crippen LogP) is 4.03. The highest BCUT2D eigenvalue weighted by Gasteiger charge is 2.18. The minimum absolute atomic E-state index is 0.0687. The van der Waals surface area contributed by atoms with Crippen molar-refractivity contribution in [2.24, 2.45) is 5.92 Å². The van der Waals surface area contributed by atoms with Crippen LogP contribution in [0.3, 0.4) is 0 Å². The molecule has 1 aliphatic rings. The Balaban J connectivity index is 1.50. The Labute approximate surface area is 142 Å². The summed E-state index contributed by atoms with van der Waals surface area (Å²) < 4.78 is 20.3. The number of aromatic nitrogens is 1. The van der Waals surface area contributed by atoms with Crippen molar-refractivity contribution in [2.75, 3.05) is 19.6 Å². The van der Waals surface area contributed by atoms with Crippen molar-refractivity contribution in [3.05, 3.63) is 34.6 Å². The number of piperidine rings is 1. The van der Waals surface area contributed by atoms with Gasteiger partial charge in [0.25, 0.3) is 0 Å². The topological polar surface area (TPSA) is 38.4 Å². The lowest BCUT2D eigenvalue weighted by Crippen LogP contribution is -2.35. The predicted molar refractivity (Wildman–Crippen MR) is 93.7 cm³/mol. The minimum Gasteiger partial charge on any atom is -0.405 e. The van der Waals surface area contributed by atoms with E-state index >= 15 is 0 Å². The van der Waals surface area contributed by atoms with Gasteiger partial charge >= 0.3 is 5.76 Å². The molecule has 0 saturated carbocycles. The zero-order valence-electron chi connectivity index (χ0n) is 14.5. The van der Waals surface area contributed by atoms with Gasteiger partial charge in [-0.05, 0) is 56.9 Å². The highest BCUT2D eigenvalue weighted by Crippen LogP contribution is 2.22. The SMILES string of the molecule is CCCCC1CCN(CCCn2c(=O)oc3c(F)cccc32)CC1. The number of aryl methyl sites for hydroxylation is 1. The van der Waals surface area contributed by atoms with Crippen LogP contribution in [0.4, 0.5) is 4.39 Å². The lowest BCUT2D eigenvalue weighted by Gasteiger charge is -2.31. The molecule has 5 heteroatoms. The summed E-state index contributed by atoms with van der Waals surface area (Å²) in [4.78, 5) is 14.4. The molecule has 0 unspecified atom stereocenters. The summed E-state index contributed by atoms with van der Waals surface area (Å²) in [7, 11) is 0. The van der Waals surface area contributed by atoms with Crippen LogP contribution in [0.2, 0.25) is 0 Å². The summed E-state index contributed by atoms with van der Waals surface area (Å²) in [5.41, 5.74) is 0.623. The fourth-order valence-corrected chi connectivity index (χ4v) is 3.71. The van der Waals surface area contributed by atoms with Gasteiger partial charge in [-0.15, -0.1) is 0 Å². The first-order valence-electron chi connectivity index (χ1n) is 9.19. The number of likely N-dealkylation sites (tertiary alicyclic amines) is 1. The standard InChI is InChI=1S/C19H27FN2O2/c1-2-3-6-15-9-13-21(14-10-15)11-5-12-22-17-8-4-7-16(20)18(17)24-19(22)23/h4,7-8,15H,2-3,5-6,9-14H2,1H3. The number of nitrogens with zero attached hydrogens (tertiary/aromatic N) is 2. The van der Waals surface area contributed by atoms with E-state index in [2.05, 4.69) is 11.8 Å². The Hall–Kier alpha value is -1.62. The molecule has 132 valence electrons. The Bertz CT molecular complexity index is 714. The Morgan fingerprint density at radius 3 is 2.75 bits per heavy atom. The number of oxazole rings is 1. The second-order valence-electron chi connectivity index (χ2n) is 6.89. The normalized spacial score (nSPS) is 16.9. The summed E-state index contributed by atoms with van der Waals surface area (Å²) in [6, 6.07) is 4.67. The van der Waals surface area contributed by atoms with Crippen LogP contribution in [0.15, 0.2) is 27.4 Å². The molecular formula is C19H27FN2O2. The molecular weight excluding hydrogens is 307 g/mol. The molecule has 0 aliphatic carbocycles. The lowest BCUT2D eigenvalue weighted by atomic mass is 9.91. The maximum absolute atomic E-state index is 13.7. The van der Waals surface area contributed by atoms with E-state index in [0.29, 0.717) is 12.1 Å². The molecule has 2 aromatic rings. The number of para-hydroxylation sites is 1. The molecule has 1 aromatic carbocycles. The highest BCUT2D eigenvalue weighted by atomic mass is 19.1. The first-order valence-corrected chi connectivity index (χ1v) is 9.19. The van der Waals surface area contributed by atoms with E-state index in [4.69, 9.17) is 4.42 Å². The van der Waals surface area contributed by atoms with Gasteiger partial charge < -0.3 is 9.32 Å². The third-order valence-corrected chi connectivity index (χ3v) is 5.18. The molecule has 0 amide bonds. The number of unbranched alkanes of at least 4 members (excludes halogenated alkanes) is 1. The summed E-state index contributed by atoms with van der Waals surface area (Å²) in [6.45, 7) is 6.12. The highest BCUT2D eigenvalue weighted by molar-refractivity contribution is 5.73. The van der Waals surface area contributed by atoms with E-state index in [1.165, 1.54) is 38.2 Å². The smallest absolute Gasteiger partial charge is 0.405 e. The molecule has 0 spiro atoms. The molecule has 2 heterocycles. The van der Waals surface area contributed by atoms with Crippen molar-refractivity contribution in [1.29, 1.82) is 0 Å². The molecule has 1 saturated heterocycles. The van der Waals surface area contributed by atoms with Crippen LogP contribution < -0.4 is 5.76 Å². The van der Waals surface area contributed by atoms with E-state index in [9.17, 15) is 9.18 Å². The summed E-state index contributed by atoms with van der Waals surface area (Å²) in [5.74, 6) is -0.0458. The van der Waals surface area contributed by atoms with Gasteiger partial charge in [-0.3, -0.25) is 4.57 Å². The van der Waals surface area contributed by atoms with Crippen LogP contribution in [-0.4, -0.2) is 29.1 Å². The van der Waals surface area contributed by atoms with Crippen molar-refractivity contribution in [1.82, 2.24) is 9.47 Å². The average Bonchev–Trinajstić information content (AvgIpc) is 2.92. The third-order valence-electron chi connectivity index (χ3n) is 5.18. The molecule has 24 heavy (non-hydrogen) atoms. The second kappa shape index (κ2) is 7.97. The van der Waals surface area contributed by atoms with E-state index in [-0.39, 0.29) is 5.58 Å². The molecule has 0 N–H and O–H groups in total. The van der Waals surface area contributed by atoms with Crippen LogP contribution in [-0.2, 0) is 6.54 Å². The first kappa shape index (κ1) is 17.2. The number of halogens is 1. The molecule has 1 fully saturated rings. The van der Waals surface area contributed by atoms with Gasteiger partial charge in [0.15, 0.2) is 11.4 Å². The maximum atomic E-state index is 13.7. The van der Waals surface area contributed by atoms with Crippen LogP contribution in [0.5, 0.6) is 0 Å². The Morgan fingerprint density at radius 1 is 1.21 bits per heavy atom. The fourth-order valence-electron chi connectivity index (χ4n) is 3.71. The third kappa shape index (κ3) is 3.89. The van der Waals surface area contributed by atoms with E-state index < -0.39 is 11.6 Å². The number of benzene rings is 1. The minimum atomic E-state index is -0.475. The van der Waals surface area contributed by atoms with Crippen molar-refractivity contribution in [3.63, 3.8) is 0 Å². The number of hydrogen-bond donors (Lipinski definition) is 0. The van der Waals surface area contributed by atoms with Crippen LogP contribution >= 0.6 is 0 Å². The monoisotopic (exact) mass is 334 g/mol. The van der Waals surface area contributed by atoms with E-state index in [0.717, 1.165) is 32.0 Å². The molecule has 0 radical (unpaired) electrons. The van der Waals surface area contributed by atoms with Gasteiger partial charge in [0.2, 0.25) is 0 Å². The van der Waals surface area contributed by atoms with Crippen LogP contribution in [0.25, 0.3) is 11.1 Å². The largest absolute Gasteiger partial charge is 0.420 e. The quantitative estimate of drug-likeness (QED) is 0.767. The summed E-state index contributed by atoms with van der Waals surface area (Å²) in [6.07, 6.45) is 7.46. The van der Waals surface area contributed by atoms with Gasteiger partial charge in [0.1, 0.15) is 0 Å². The van der Waals surface area contributed by atoms with Crippen molar-refractivity contribution in [3.8, 4) is 0 Å². The Morgan fingerprint density at radius 2 is 2.00 bits per heavy atom. The zero-order valence-corrected chi connectivity index (χ0v) is 14.5. The number of rotatable bonds is 7. The zero-order chi connectivity index (χ0) is 16.9. The van der Waals surface area contributed by atoms with E-state index in [1.807, 2.05) is 0 Å². The molecule has 1 aliphatic heterocycles. The first-order chi connectivity index (χ1) is 11.7. The van der Waals surface area contributed by atoms with E-state index in [1.54, 1.807) is 16.7 Å². The second-order valence-corrected chi connectivity index (χ2v) is 6.89. The number of hydrogen-bond acceptors (Lipinski definition) is 3. The van der Waals surface area contributed by atoms with Crippen LogP contribution in [0.1, 0.15) is 45.4 Å². The van der Waals surface area contributed by atoms with Gasteiger partial charge in [-0.25, -0.2) is 9.18 Å². The van der Waals surface area contributed by atoms with Crippen molar-refractivity contribution >= 4 is 11.1 Å². The van der Waals surface area contributed by atoms with Gasteiger partial charge in [-0.1, -0.05) is 32.3 Å². The molecule has 0 bridgehead atoms. The van der Waals surface area contributed by atoms with Crippen LogP contribution in [0, 0.1) is 11.7 Å². The van der Waals surface area contributed by atoms with Crippen molar-refractivity contribution < 1.29 is 8.81 Å². The lowest BCUT2D eigenvalue weighted by molar-refractivity contribution is 0.173. The fraction of sp³-hybridized carbons (Fsp3) is 0.632. The maximum Gasteiger partial charge on any atom is 0.420 e. The summed E-state index contributed by atoms with van der Waals surface area (Å²) in [5, 5.41) is 0. The molecule has 1 aromatic heterocycles. The Kier molecular flexibility index (Phi) is 5.72. The molecule has 4 nitrogen and oxygen atoms in total. The van der Waals surface area contributed by atoms with Gasteiger partial charge in [0, 0.05) is 6.54 Å². The van der Waals surface area contributed by atoms with Crippen molar-refractivity contribution in [2.45, 2.75) is 52.0 Å². The summed E-state index contributed by atoms with van der Waals surface area (Å²) >= 11 is 0. The van der Waals surface area contributed by atoms with Gasteiger partial charge in [-0.2, -0.15) is 0 Å². The average molecular weight is 334 g/mol. The number of fused-ring (bicyclic) bond motifs is 1. The molecule has 3 rings (SSSR count). The van der Waals surface area contributed by atoms with Gasteiger partial charge in [0.05, 0.1) is 5.52 Å².